The predicted octanol–water partition coefficient (Wildman–Crippen LogP) is 2.20. The van der Waals surface area contributed by atoms with Gasteiger partial charge in [-0.3, -0.25) is 4.90 Å². The zero-order valence-corrected chi connectivity index (χ0v) is 11.2. The molecule has 4 nitrogen and oxygen atoms in total. The first kappa shape index (κ1) is 12.9. The number of carbonyl (C=O) groups excluding carboxylic acids is 1. The van der Waals surface area contributed by atoms with E-state index in [0.29, 0.717) is 6.54 Å². The molecule has 1 atom stereocenters. The second-order valence-corrected chi connectivity index (χ2v) is 4.99. The van der Waals surface area contributed by atoms with Crippen LogP contribution in [0.3, 0.4) is 0 Å². The highest BCUT2D eigenvalue weighted by Crippen LogP contribution is 2.20. The first-order valence-corrected chi connectivity index (χ1v) is 6.80. The number of ether oxygens (including phenoxy) is 1. The van der Waals surface area contributed by atoms with Crippen LogP contribution in [0.15, 0.2) is 42.5 Å². The van der Waals surface area contributed by atoms with Crippen LogP contribution in [0.4, 0.5) is 4.79 Å². The zero-order chi connectivity index (χ0) is 13.9. The fourth-order valence-corrected chi connectivity index (χ4v) is 2.67. The summed E-state index contributed by atoms with van der Waals surface area (Å²) < 4.78 is 4.97. The molecule has 0 aliphatic carbocycles. The lowest BCUT2D eigenvalue weighted by Crippen LogP contribution is -2.37. The molecule has 1 heterocycles. The average Bonchev–Trinajstić information content (AvgIpc) is 2.85. The first-order valence-electron chi connectivity index (χ1n) is 6.80. The average molecular weight is 271 g/mol. The molecule has 2 aromatic carbocycles. The van der Waals surface area contributed by atoms with Crippen LogP contribution in [0, 0.1) is 0 Å². The van der Waals surface area contributed by atoms with Gasteiger partial charge in [-0.15, -0.1) is 0 Å². The van der Waals surface area contributed by atoms with Crippen molar-refractivity contribution >= 4 is 16.9 Å². The number of carbonyl (C=O) groups is 1. The molecule has 0 bridgehead atoms. The van der Waals surface area contributed by atoms with Crippen molar-refractivity contribution in [2.75, 3.05) is 19.8 Å². The number of cyclic esters (lactones) is 1. The number of hydrogen-bond acceptors (Lipinski definition) is 3. The summed E-state index contributed by atoms with van der Waals surface area (Å²) in [5.41, 5.74) is 1.21. The Balaban J connectivity index is 1.78. The van der Waals surface area contributed by atoms with E-state index in [1.165, 1.54) is 16.3 Å². The SMILES string of the molecule is O=C1OCC(CO)N1CCc1cccc2ccccc12. The van der Waals surface area contributed by atoms with Crippen molar-refractivity contribution in [1.82, 2.24) is 4.90 Å². The summed E-state index contributed by atoms with van der Waals surface area (Å²) in [4.78, 5) is 13.2. The fourth-order valence-electron chi connectivity index (χ4n) is 2.67. The number of hydrogen-bond donors (Lipinski definition) is 1. The molecule has 2 aromatic rings. The molecule has 1 unspecified atom stereocenters. The third-order valence-corrected chi connectivity index (χ3v) is 3.79. The molecule has 0 saturated carbocycles. The van der Waals surface area contributed by atoms with Crippen LogP contribution < -0.4 is 0 Å². The third-order valence-electron chi connectivity index (χ3n) is 3.79. The van der Waals surface area contributed by atoms with Crippen molar-refractivity contribution < 1.29 is 14.6 Å². The van der Waals surface area contributed by atoms with E-state index in [2.05, 4.69) is 24.3 Å². The van der Waals surface area contributed by atoms with Gasteiger partial charge in [0.1, 0.15) is 6.61 Å². The van der Waals surface area contributed by atoms with Crippen molar-refractivity contribution in [1.29, 1.82) is 0 Å². The molecule has 0 spiro atoms. The lowest BCUT2D eigenvalue weighted by molar-refractivity contribution is 0.154. The summed E-state index contributed by atoms with van der Waals surface area (Å²) >= 11 is 0. The van der Waals surface area contributed by atoms with Crippen molar-refractivity contribution in [3.05, 3.63) is 48.0 Å². The van der Waals surface area contributed by atoms with Crippen LogP contribution in [0.25, 0.3) is 10.8 Å². The van der Waals surface area contributed by atoms with Crippen LogP contribution in [0.2, 0.25) is 0 Å². The molecule has 104 valence electrons. The van der Waals surface area contributed by atoms with E-state index in [9.17, 15) is 9.90 Å². The zero-order valence-electron chi connectivity index (χ0n) is 11.2. The number of aliphatic hydroxyl groups excluding tert-OH is 1. The quantitative estimate of drug-likeness (QED) is 0.927. The first-order chi connectivity index (χ1) is 9.79. The molecule has 0 aromatic heterocycles. The number of amides is 1. The molecular formula is C16H17NO3. The van der Waals surface area contributed by atoms with Gasteiger partial charge in [-0.1, -0.05) is 42.5 Å². The molecule has 1 aliphatic rings. The smallest absolute Gasteiger partial charge is 0.410 e. The largest absolute Gasteiger partial charge is 0.447 e. The van der Waals surface area contributed by atoms with Gasteiger partial charge in [-0.05, 0) is 22.8 Å². The lowest BCUT2D eigenvalue weighted by atomic mass is 10.0. The Kier molecular flexibility index (Phi) is 3.56. The molecular weight excluding hydrogens is 254 g/mol. The summed E-state index contributed by atoms with van der Waals surface area (Å²) in [6, 6.07) is 14.2. The molecule has 1 amide bonds. The van der Waals surface area contributed by atoms with Gasteiger partial charge >= 0.3 is 6.09 Å². The predicted molar refractivity (Wildman–Crippen MR) is 76.6 cm³/mol. The van der Waals surface area contributed by atoms with Crippen molar-refractivity contribution in [3.8, 4) is 0 Å². The van der Waals surface area contributed by atoms with E-state index in [0.717, 1.165) is 6.42 Å². The minimum Gasteiger partial charge on any atom is -0.447 e. The lowest BCUT2D eigenvalue weighted by Gasteiger charge is -2.19. The molecule has 1 fully saturated rings. The van der Waals surface area contributed by atoms with E-state index in [-0.39, 0.29) is 25.3 Å². The third kappa shape index (κ3) is 2.34. The molecule has 20 heavy (non-hydrogen) atoms. The number of aliphatic hydroxyl groups is 1. The van der Waals surface area contributed by atoms with Gasteiger partial charge in [0, 0.05) is 6.54 Å². The summed E-state index contributed by atoms with van der Waals surface area (Å²) in [6.45, 7) is 0.796. The molecule has 1 aliphatic heterocycles. The van der Waals surface area contributed by atoms with Crippen LogP contribution in [-0.4, -0.2) is 41.9 Å². The summed E-state index contributed by atoms with van der Waals surface area (Å²) in [5.74, 6) is 0. The summed E-state index contributed by atoms with van der Waals surface area (Å²) in [6.07, 6.45) is 0.428. The normalized spacial score (nSPS) is 18.6. The topological polar surface area (TPSA) is 49.8 Å². The Morgan fingerprint density at radius 1 is 1.20 bits per heavy atom. The van der Waals surface area contributed by atoms with Crippen LogP contribution >= 0.6 is 0 Å². The van der Waals surface area contributed by atoms with E-state index in [1.54, 1.807) is 4.90 Å². The van der Waals surface area contributed by atoms with E-state index >= 15 is 0 Å². The minimum atomic E-state index is -0.329. The summed E-state index contributed by atoms with van der Waals surface area (Å²) in [5, 5.41) is 11.7. The van der Waals surface area contributed by atoms with E-state index in [1.807, 2.05) is 18.2 Å². The van der Waals surface area contributed by atoms with Gasteiger partial charge in [0.25, 0.3) is 0 Å². The Bertz CT molecular complexity index is 621. The van der Waals surface area contributed by atoms with Crippen molar-refractivity contribution in [2.24, 2.45) is 0 Å². The standard InChI is InChI=1S/C16H17NO3/c18-10-14-11-20-16(19)17(14)9-8-13-6-3-5-12-4-1-2-7-15(12)13/h1-7,14,18H,8-11H2. The maximum absolute atomic E-state index is 11.6. The van der Waals surface area contributed by atoms with Crippen molar-refractivity contribution in [3.63, 3.8) is 0 Å². The fraction of sp³-hybridized carbons (Fsp3) is 0.312. The van der Waals surface area contributed by atoms with Gasteiger partial charge in [-0.2, -0.15) is 0 Å². The highest BCUT2D eigenvalue weighted by molar-refractivity contribution is 5.85. The molecule has 0 radical (unpaired) electrons. The summed E-state index contributed by atoms with van der Waals surface area (Å²) in [7, 11) is 0. The van der Waals surface area contributed by atoms with E-state index < -0.39 is 0 Å². The maximum atomic E-state index is 11.6. The van der Waals surface area contributed by atoms with E-state index in [4.69, 9.17) is 4.74 Å². The van der Waals surface area contributed by atoms with Gasteiger partial charge in [0.15, 0.2) is 0 Å². The molecule has 1 N–H and O–H groups in total. The van der Waals surface area contributed by atoms with Gasteiger partial charge in [-0.25, -0.2) is 4.79 Å². The van der Waals surface area contributed by atoms with Crippen molar-refractivity contribution in [2.45, 2.75) is 12.5 Å². The Labute approximate surface area is 117 Å². The second-order valence-electron chi connectivity index (χ2n) is 4.99. The highest BCUT2D eigenvalue weighted by Gasteiger charge is 2.31. The monoisotopic (exact) mass is 271 g/mol. The molecule has 3 rings (SSSR count). The second kappa shape index (κ2) is 5.51. The van der Waals surface area contributed by atoms with Crippen LogP contribution in [0.5, 0.6) is 0 Å². The van der Waals surface area contributed by atoms with Crippen LogP contribution in [0.1, 0.15) is 5.56 Å². The Morgan fingerprint density at radius 3 is 2.85 bits per heavy atom. The molecule has 1 saturated heterocycles. The molecule has 4 heteroatoms. The van der Waals surface area contributed by atoms with Crippen LogP contribution in [-0.2, 0) is 11.2 Å². The maximum Gasteiger partial charge on any atom is 0.410 e. The number of fused-ring (bicyclic) bond motifs is 1. The van der Waals surface area contributed by atoms with Gasteiger partial charge in [0.05, 0.1) is 12.6 Å². The number of benzene rings is 2. The van der Waals surface area contributed by atoms with Gasteiger partial charge in [0.2, 0.25) is 0 Å². The highest BCUT2D eigenvalue weighted by atomic mass is 16.6. The van der Waals surface area contributed by atoms with Gasteiger partial charge < -0.3 is 9.84 Å². The Morgan fingerprint density at radius 2 is 2.00 bits per heavy atom. The Hall–Kier alpha value is -2.07. The number of nitrogens with zero attached hydrogens (tertiary/aromatic N) is 1. The number of rotatable bonds is 4. The minimum absolute atomic E-state index is 0.0543.